The maximum atomic E-state index is 12.3. The van der Waals surface area contributed by atoms with Crippen molar-refractivity contribution < 1.29 is 4.79 Å². The van der Waals surface area contributed by atoms with E-state index in [0.29, 0.717) is 12.2 Å². The standard InChI is InChI=1S/C22H20N4O/c1-16-21(25-22-23-13-6-14-26(16)22)18-9-5-10-19(15-18)24-20(27)12-11-17-7-3-2-4-8-17/h2-10,13-15H,11-12H2,1H3,(H,24,27). The van der Waals surface area contributed by atoms with Crippen molar-refractivity contribution in [1.82, 2.24) is 14.4 Å². The summed E-state index contributed by atoms with van der Waals surface area (Å²) in [6, 6.07) is 19.7. The van der Waals surface area contributed by atoms with E-state index in [2.05, 4.69) is 15.3 Å². The monoisotopic (exact) mass is 356 g/mol. The number of aromatic nitrogens is 3. The Hall–Kier alpha value is -3.47. The number of imidazole rings is 1. The fourth-order valence-electron chi connectivity index (χ4n) is 3.15. The van der Waals surface area contributed by atoms with Crippen LogP contribution in [0.1, 0.15) is 17.7 Å². The predicted octanol–water partition coefficient (Wildman–Crippen LogP) is 4.28. The Bertz CT molecular complexity index is 1090. The summed E-state index contributed by atoms with van der Waals surface area (Å²) in [5.41, 5.74) is 4.78. The van der Waals surface area contributed by atoms with Crippen LogP contribution in [0.5, 0.6) is 0 Å². The van der Waals surface area contributed by atoms with Gasteiger partial charge in [-0.25, -0.2) is 9.97 Å². The molecule has 2 heterocycles. The van der Waals surface area contributed by atoms with Crippen molar-refractivity contribution in [2.24, 2.45) is 0 Å². The maximum absolute atomic E-state index is 12.3. The second-order valence-corrected chi connectivity index (χ2v) is 6.45. The van der Waals surface area contributed by atoms with E-state index in [0.717, 1.165) is 34.6 Å². The van der Waals surface area contributed by atoms with Crippen LogP contribution < -0.4 is 5.32 Å². The molecule has 5 heteroatoms. The average Bonchev–Trinajstić information content (AvgIpc) is 3.04. The second-order valence-electron chi connectivity index (χ2n) is 6.45. The lowest BCUT2D eigenvalue weighted by atomic mass is 10.1. The molecule has 1 amide bonds. The van der Waals surface area contributed by atoms with Gasteiger partial charge in [0, 0.05) is 35.8 Å². The van der Waals surface area contributed by atoms with Crippen molar-refractivity contribution in [3.63, 3.8) is 0 Å². The second kappa shape index (κ2) is 7.41. The Morgan fingerprint density at radius 2 is 1.93 bits per heavy atom. The Morgan fingerprint density at radius 1 is 1.07 bits per heavy atom. The Balaban J connectivity index is 1.50. The van der Waals surface area contributed by atoms with Gasteiger partial charge in [0.1, 0.15) is 0 Å². The first-order valence-corrected chi connectivity index (χ1v) is 8.94. The van der Waals surface area contributed by atoms with E-state index in [1.807, 2.05) is 78.2 Å². The van der Waals surface area contributed by atoms with Gasteiger partial charge in [0.05, 0.1) is 5.69 Å². The molecule has 0 spiro atoms. The van der Waals surface area contributed by atoms with Gasteiger partial charge in [0.2, 0.25) is 11.7 Å². The number of nitrogens with zero attached hydrogens (tertiary/aromatic N) is 3. The molecule has 0 radical (unpaired) electrons. The van der Waals surface area contributed by atoms with E-state index < -0.39 is 0 Å². The first-order chi connectivity index (χ1) is 13.2. The predicted molar refractivity (Wildman–Crippen MR) is 107 cm³/mol. The van der Waals surface area contributed by atoms with Gasteiger partial charge in [-0.2, -0.15) is 0 Å². The van der Waals surface area contributed by atoms with Crippen LogP contribution in [0, 0.1) is 6.92 Å². The summed E-state index contributed by atoms with van der Waals surface area (Å²) in [4.78, 5) is 21.2. The third-order valence-electron chi connectivity index (χ3n) is 4.55. The molecule has 0 bridgehead atoms. The highest BCUT2D eigenvalue weighted by molar-refractivity contribution is 5.91. The van der Waals surface area contributed by atoms with Crippen molar-refractivity contribution in [2.75, 3.05) is 5.32 Å². The SMILES string of the molecule is Cc1c(-c2cccc(NC(=O)CCc3ccccc3)c2)nc2ncccn12. The minimum absolute atomic E-state index is 0.00407. The van der Waals surface area contributed by atoms with Gasteiger partial charge >= 0.3 is 0 Å². The molecule has 0 saturated heterocycles. The minimum atomic E-state index is 0.00407. The number of carbonyl (C=O) groups is 1. The topological polar surface area (TPSA) is 59.3 Å². The molecule has 4 aromatic rings. The molecule has 0 fully saturated rings. The molecule has 0 aliphatic heterocycles. The normalized spacial score (nSPS) is 10.9. The molecule has 2 aromatic carbocycles. The summed E-state index contributed by atoms with van der Waals surface area (Å²) in [6.45, 7) is 2.02. The zero-order valence-electron chi connectivity index (χ0n) is 15.1. The van der Waals surface area contributed by atoms with Crippen molar-refractivity contribution in [1.29, 1.82) is 0 Å². The van der Waals surface area contributed by atoms with E-state index in [9.17, 15) is 4.79 Å². The van der Waals surface area contributed by atoms with E-state index in [4.69, 9.17) is 0 Å². The van der Waals surface area contributed by atoms with E-state index in [1.54, 1.807) is 6.20 Å². The summed E-state index contributed by atoms with van der Waals surface area (Å²) >= 11 is 0. The van der Waals surface area contributed by atoms with Crippen molar-refractivity contribution >= 4 is 17.4 Å². The summed E-state index contributed by atoms with van der Waals surface area (Å²) < 4.78 is 1.96. The highest BCUT2D eigenvalue weighted by atomic mass is 16.1. The average molecular weight is 356 g/mol. The van der Waals surface area contributed by atoms with Gasteiger partial charge in [0.15, 0.2) is 0 Å². The maximum Gasteiger partial charge on any atom is 0.234 e. The molecular weight excluding hydrogens is 336 g/mol. The third-order valence-corrected chi connectivity index (χ3v) is 4.55. The molecule has 2 aromatic heterocycles. The van der Waals surface area contributed by atoms with E-state index in [1.165, 1.54) is 0 Å². The number of benzene rings is 2. The molecule has 0 unspecified atom stereocenters. The lowest BCUT2D eigenvalue weighted by Crippen LogP contribution is -2.12. The minimum Gasteiger partial charge on any atom is -0.326 e. The number of anilines is 1. The van der Waals surface area contributed by atoms with E-state index in [-0.39, 0.29) is 5.91 Å². The van der Waals surface area contributed by atoms with E-state index >= 15 is 0 Å². The lowest BCUT2D eigenvalue weighted by Gasteiger charge is -2.07. The number of hydrogen-bond acceptors (Lipinski definition) is 3. The van der Waals surface area contributed by atoms with Crippen LogP contribution in [0.4, 0.5) is 5.69 Å². The van der Waals surface area contributed by atoms with Crippen LogP contribution in [-0.4, -0.2) is 20.3 Å². The number of hydrogen-bond donors (Lipinski definition) is 1. The number of aryl methyl sites for hydroxylation is 2. The first kappa shape index (κ1) is 17.0. The van der Waals surface area contributed by atoms with Crippen molar-refractivity contribution in [3.05, 3.63) is 84.3 Å². The van der Waals surface area contributed by atoms with Crippen LogP contribution in [0.15, 0.2) is 73.1 Å². The number of carbonyl (C=O) groups excluding carboxylic acids is 1. The fraction of sp³-hybridized carbons (Fsp3) is 0.136. The van der Waals surface area contributed by atoms with Crippen molar-refractivity contribution in [2.45, 2.75) is 19.8 Å². The number of nitrogens with one attached hydrogen (secondary N) is 1. The lowest BCUT2D eigenvalue weighted by molar-refractivity contribution is -0.116. The van der Waals surface area contributed by atoms with Gasteiger partial charge in [0.25, 0.3) is 0 Å². The Labute approximate surface area is 157 Å². The van der Waals surface area contributed by atoms with Gasteiger partial charge < -0.3 is 5.32 Å². The first-order valence-electron chi connectivity index (χ1n) is 8.94. The zero-order valence-corrected chi connectivity index (χ0v) is 15.1. The van der Waals surface area contributed by atoms with Gasteiger partial charge in [-0.15, -0.1) is 0 Å². The number of amides is 1. The molecule has 0 atom stereocenters. The molecule has 27 heavy (non-hydrogen) atoms. The molecule has 0 saturated carbocycles. The zero-order chi connectivity index (χ0) is 18.6. The molecule has 4 rings (SSSR count). The Kier molecular flexibility index (Phi) is 4.66. The summed E-state index contributed by atoms with van der Waals surface area (Å²) in [5, 5.41) is 2.99. The summed E-state index contributed by atoms with van der Waals surface area (Å²) in [7, 11) is 0. The van der Waals surface area contributed by atoms with Crippen molar-refractivity contribution in [3.8, 4) is 11.3 Å². The third kappa shape index (κ3) is 3.72. The summed E-state index contributed by atoms with van der Waals surface area (Å²) in [6.07, 6.45) is 4.85. The van der Waals surface area contributed by atoms with Crippen LogP contribution in [0.25, 0.3) is 17.0 Å². The van der Waals surface area contributed by atoms with Gasteiger partial charge in [-0.05, 0) is 37.1 Å². The molecule has 1 N–H and O–H groups in total. The van der Waals surface area contributed by atoms with Crippen LogP contribution >= 0.6 is 0 Å². The molecule has 0 aliphatic carbocycles. The molecule has 0 aliphatic rings. The quantitative estimate of drug-likeness (QED) is 0.581. The molecule has 134 valence electrons. The van der Waals surface area contributed by atoms with Crippen LogP contribution in [-0.2, 0) is 11.2 Å². The number of rotatable bonds is 5. The summed E-state index contributed by atoms with van der Waals surface area (Å²) in [5.74, 6) is 0.673. The van der Waals surface area contributed by atoms with Gasteiger partial charge in [-0.1, -0.05) is 42.5 Å². The van der Waals surface area contributed by atoms with Crippen LogP contribution in [0.3, 0.4) is 0 Å². The highest BCUT2D eigenvalue weighted by Crippen LogP contribution is 2.25. The fourth-order valence-corrected chi connectivity index (χ4v) is 3.15. The van der Waals surface area contributed by atoms with Crippen LogP contribution in [0.2, 0.25) is 0 Å². The molecular formula is C22H20N4O. The highest BCUT2D eigenvalue weighted by Gasteiger charge is 2.12. The smallest absolute Gasteiger partial charge is 0.234 e. The molecule has 5 nitrogen and oxygen atoms in total. The Morgan fingerprint density at radius 3 is 2.74 bits per heavy atom. The van der Waals surface area contributed by atoms with Gasteiger partial charge in [-0.3, -0.25) is 9.20 Å². The largest absolute Gasteiger partial charge is 0.326 e. The number of fused-ring (bicyclic) bond motifs is 1.